The van der Waals surface area contributed by atoms with Crippen molar-refractivity contribution in [2.24, 2.45) is 0 Å². The van der Waals surface area contributed by atoms with Gasteiger partial charge in [-0.05, 0) is 19.4 Å². The SMILES string of the molecule is Cc1cc2c(o1)CCNC2CN1CCC(O)C1. The van der Waals surface area contributed by atoms with E-state index in [0.29, 0.717) is 6.04 Å². The number of β-amino-alcohol motifs (C(OH)–C–C–N with tert-alkyl or cyclic N) is 1. The van der Waals surface area contributed by atoms with Crippen LogP contribution in [0.25, 0.3) is 0 Å². The maximum atomic E-state index is 9.55. The summed E-state index contributed by atoms with van der Waals surface area (Å²) in [6.07, 6.45) is 1.76. The first-order valence-corrected chi connectivity index (χ1v) is 6.45. The minimum atomic E-state index is -0.135. The van der Waals surface area contributed by atoms with Crippen LogP contribution in [0.1, 0.15) is 29.5 Å². The van der Waals surface area contributed by atoms with Gasteiger partial charge < -0.3 is 14.8 Å². The molecule has 4 heteroatoms. The molecule has 0 amide bonds. The molecule has 1 aromatic rings. The molecule has 1 saturated heterocycles. The molecule has 17 heavy (non-hydrogen) atoms. The predicted molar refractivity (Wildman–Crippen MR) is 65.0 cm³/mol. The van der Waals surface area contributed by atoms with Gasteiger partial charge in [0, 0.05) is 44.2 Å². The molecule has 94 valence electrons. The molecule has 0 radical (unpaired) electrons. The molecule has 2 atom stereocenters. The summed E-state index contributed by atoms with van der Waals surface area (Å²) in [6, 6.07) is 2.51. The van der Waals surface area contributed by atoms with Gasteiger partial charge in [-0.2, -0.15) is 0 Å². The summed E-state index contributed by atoms with van der Waals surface area (Å²) in [5, 5.41) is 13.1. The van der Waals surface area contributed by atoms with Crippen molar-refractivity contribution in [1.82, 2.24) is 10.2 Å². The molecule has 0 aliphatic carbocycles. The van der Waals surface area contributed by atoms with Gasteiger partial charge in [0.2, 0.25) is 0 Å². The third kappa shape index (κ3) is 2.25. The first-order valence-electron chi connectivity index (χ1n) is 6.45. The van der Waals surface area contributed by atoms with Gasteiger partial charge in [0.05, 0.1) is 6.10 Å². The maximum Gasteiger partial charge on any atom is 0.110 e. The molecule has 2 aliphatic heterocycles. The molecule has 0 aromatic carbocycles. The minimum absolute atomic E-state index is 0.135. The number of hydrogen-bond donors (Lipinski definition) is 2. The third-order valence-electron chi connectivity index (χ3n) is 3.77. The number of aliphatic hydroxyl groups is 1. The zero-order valence-electron chi connectivity index (χ0n) is 10.3. The molecule has 2 aliphatic rings. The number of fused-ring (bicyclic) bond motifs is 1. The van der Waals surface area contributed by atoms with Gasteiger partial charge in [-0.25, -0.2) is 0 Å². The summed E-state index contributed by atoms with van der Waals surface area (Å²) in [5.41, 5.74) is 1.31. The summed E-state index contributed by atoms with van der Waals surface area (Å²) in [5.74, 6) is 2.15. The fourth-order valence-corrected chi connectivity index (χ4v) is 2.94. The van der Waals surface area contributed by atoms with Crippen LogP contribution in [-0.4, -0.2) is 42.3 Å². The Bertz CT molecular complexity index is 402. The molecular formula is C13H20N2O2. The Morgan fingerprint density at radius 3 is 3.24 bits per heavy atom. The van der Waals surface area contributed by atoms with E-state index in [0.717, 1.165) is 50.5 Å². The Morgan fingerprint density at radius 2 is 2.47 bits per heavy atom. The minimum Gasteiger partial charge on any atom is -0.466 e. The van der Waals surface area contributed by atoms with Gasteiger partial charge in [-0.1, -0.05) is 0 Å². The number of nitrogens with one attached hydrogen (secondary N) is 1. The van der Waals surface area contributed by atoms with Gasteiger partial charge in [0.15, 0.2) is 0 Å². The van der Waals surface area contributed by atoms with Crippen molar-refractivity contribution >= 4 is 0 Å². The lowest BCUT2D eigenvalue weighted by molar-refractivity contribution is 0.171. The van der Waals surface area contributed by atoms with E-state index < -0.39 is 0 Å². The summed E-state index contributed by atoms with van der Waals surface area (Å²) < 4.78 is 5.71. The van der Waals surface area contributed by atoms with Crippen LogP contribution >= 0.6 is 0 Å². The standard InChI is InChI=1S/C13H20N2O2/c1-9-6-11-12(14-4-2-13(11)17-9)8-15-5-3-10(16)7-15/h6,10,12,14,16H,2-5,7-8H2,1H3. The highest BCUT2D eigenvalue weighted by Gasteiger charge is 2.28. The molecule has 0 bridgehead atoms. The average molecular weight is 236 g/mol. The first-order chi connectivity index (χ1) is 8.22. The quantitative estimate of drug-likeness (QED) is 0.799. The molecule has 1 aromatic heterocycles. The second-order valence-corrected chi connectivity index (χ2v) is 5.19. The van der Waals surface area contributed by atoms with Crippen molar-refractivity contribution in [3.05, 3.63) is 23.2 Å². The largest absolute Gasteiger partial charge is 0.466 e. The topological polar surface area (TPSA) is 48.6 Å². The molecule has 4 nitrogen and oxygen atoms in total. The number of nitrogens with zero attached hydrogens (tertiary/aromatic N) is 1. The van der Waals surface area contributed by atoms with Crippen LogP contribution in [0.2, 0.25) is 0 Å². The number of furan rings is 1. The predicted octanol–water partition coefficient (Wildman–Crippen LogP) is 0.841. The van der Waals surface area contributed by atoms with E-state index in [1.165, 1.54) is 5.56 Å². The fraction of sp³-hybridized carbons (Fsp3) is 0.692. The zero-order valence-corrected chi connectivity index (χ0v) is 10.3. The van der Waals surface area contributed by atoms with Gasteiger partial charge in [-0.3, -0.25) is 4.90 Å². The highest BCUT2D eigenvalue weighted by molar-refractivity contribution is 5.28. The lowest BCUT2D eigenvalue weighted by Gasteiger charge is -2.27. The Labute approximate surface area is 102 Å². The van der Waals surface area contributed by atoms with E-state index in [1.54, 1.807) is 0 Å². The second kappa shape index (κ2) is 4.44. The van der Waals surface area contributed by atoms with Gasteiger partial charge in [0.1, 0.15) is 11.5 Å². The summed E-state index contributed by atoms with van der Waals surface area (Å²) in [7, 11) is 0. The van der Waals surface area contributed by atoms with Crippen LogP contribution in [-0.2, 0) is 6.42 Å². The van der Waals surface area contributed by atoms with Crippen molar-refractivity contribution in [1.29, 1.82) is 0 Å². The van der Waals surface area contributed by atoms with Crippen LogP contribution in [0, 0.1) is 6.92 Å². The Kier molecular flexibility index (Phi) is 2.94. The fourth-order valence-electron chi connectivity index (χ4n) is 2.94. The monoisotopic (exact) mass is 236 g/mol. The van der Waals surface area contributed by atoms with Gasteiger partial charge in [0.25, 0.3) is 0 Å². The third-order valence-corrected chi connectivity index (χ3v) is 3.77. The van der Waals surface area contributed by atoms with Gasteiger partial charge in [-0.15, -0.1) is 0 Å². The second-order valence-electron chi connectivity index (χ2n) is 5.19. The number of rotatable bonds is 2. The van der Waals surface area contributed by atoms with Crippen LogP contribution in [0.4, 0.5) is 0 Å². The molecule has 1 fully saturated rings. The summed E-state index contributed by atoms with van der Waals surface area (Å²) in [4.78, 5) is 2.33. The maximum absolute atomic E-state index is 9.55. The Balaban J connectivity index is 1.72. The first kappa shape index (κ1) is 11.3. The summed E-state index contributed by atoms with van der Waals surface area (Å²) in [6.45, 7) is 5.79. The number of aliphatic hydroxyl groups excluding tert-OH is 1. The molecule has 3 rings (SSSR count). The Morgan fingerprint density at radius 1 is 1.59 bits per heavy atom. The lowest BCUT2D eigenvalue weighted by Crippen LogP contribution is -2.38. The van der Waals surface area contributed by atoms with Crippen molar-refractivity contribution in [2.45, 2.75) is 31.9 Å². The molecular weight excluding hydrogens is 216 g/mol. The molecule has 3 heterocycles. The lowest BCUT2D eigenvalue weighted by atomic mass is 10.0. The van der Waals surface area contributed by atoms with Gasteiger partial charge >= 0.3 is 0 Å². The van der Waals surface area contributed by atoms with Crippen molar-refractivity contribution in [3.8, 4) is 0 Å². The zero-order chi connectivity index (χ0) is 11.8. The van der Waals surface area contributed by atoms with E-state index in [-0.39, 0.29) is 6.10 Å². The number of likely N-dealkylation sites (tertiary alicyclic amines) is 1. The van der Waals surface area contributed by atoms with Crippen LogP contribution in [0.3, 0.4) is 0 Å². The van der Waals surface area contributed by atoms with Crippen molar-refractivity contribution in [3.63, 3.8) is 0 Å². The van der Waals surface area contributed by atoms with E-state index in [2.05, 4.69) is 16.3 Å². The summed E-state index contributed by atoms with van der Waals surface area (Å²) >= 11 is 0. The molecule has 2 unspecified atom stereocenters. The molecule has 0 saturated carbocycles. The van der Waals surface area contributed by atoms with E-state index in [9.17, 15) is 5.11 Å². The number of aryl methyl sites for hydroxylation is 1. The number of hydrogen-bond acceptors (Lipinski definition) is 4. The Hall–Kier alpha value is -0.840. The highest BCUT2D eigenvalue weighted by atomic mass is 16.3. The van der Waals surface area contributed by atoms with Crippen LogP contribution in [0.5, 0.6) is 0 Å². The van der Waals surface area contributed by atoms with E-state index in [1.807, 2.05) is 6.92 Å². The average Bonchev–Trinajstić information content (AvgIpc) is 2.84. The highest BCUT2D eigenvalue weighted by Crippen LogP contribution is 2.27. The van der Waals surface area contributed by atoms with E-state index >= 15 is 0 Å². The van der Waals surface area contributed by atoms with Crippen LogP contribution < -0.4 is 5.32 Å². The van der Waals surface area contributed by atoms with Crippen molar-refractivity contribution < 1.29 is 9.52 Å². The molecule has 0 spiro atoms. The smallest absolute Gasteiger partial charge is 0.110 e. The van der Waals surface area contributed by atoms with Crippen LogP contribution in [0.15, 0.2) is 10.5 Å². The van der Waals surface area contributed by atoms with E-state index in [4.69, 9.17) is 4.42 Å². The normalized spacial score (nSPS) is 29.5. The van der Waals surface area contributed by atoms with Crippen molar-refractivity contribution in [2.75, 3.05) is 26.2 Å². The molecule has 2 N–H and O–H groups in total.